The molecule has 4 heterocycles. The normalized spacial score (nSPS) is 55.0. The van der Waals surface area contributed by atoms with Gasteiger partial charge in [-0.1, -0.05) is 48.5 Å². The Kier molecular flexibility index (Phi) is 16.7. The number of aliphatic hydroxyl groups excluding tert-OH is 13. The van der Waals surface area contributed by atoms with Crippen LogP contribution in [0.5, 0.6) is 0 Å². The lowest BCUT2D eigenvalue weighted by atomic mass is 9.31. The first kappa shape index (κ1) is 59.3. The van der Waals surface area contributed by atoms with E-state index in [4.69, 9.17) is 37.9 Å². The Morgan fingerprint density at radius 3 is 1.68 bits per heavy atom. The number of rotatable bonds is 11. The first-order valence-electron chi connectivity index (χ1n) is 28.0. The molecule has 76 heavy (non-hydrogen) atoms. The van der Waals surface area contributed by atoms with Crippen molar-refractivity contribution in [1.82, 2.24) is 0 Å². The van der Waals surface area contributed by atoms with Crippen molar-refractivity contribution in [2.45, 2.75) is 255 Å². The van der Waals surface area contributed by atoms with Crippen LogP contribution in [0.4, 0.5) is 0 Å². The lowest BCUT2D eigenvalue weighted by Gasteiger charge is -2.73. The van der Waals surface area contributed by atoms with Crippen molar-refractivity contribution in [1.29, 1.82) is 0 Å². The van der Waals surface area contributed by atoms with Gasteiger partial charge in [-0.15, -0.1) is 0 Å². The van der Waals surface area contributed by atoms with Gasteiger partial charge in [0, 0.05) is 0 Å². The van der Waals surface area contributed by atoms with Crippen molar-refractivity contribution >= 4 is 5.97 Å². The predicted molar refractivity (Wildman–Crippen MR) is 261 cm³/mol. The summed E-state index contributed by atoms with van der Waals surface area (Å²) in [6.45, 7) is 15.8. The fraction of sp³-hybridized carbons (Fsp3) is 0.981. The van der Waals surface area contributed by atoms with Crippen LogP contribution < -0.4 is 0 Å². The van der Waals surface area contributed by atoms with Gasteiger partial charge < -0.3 is 104 Å². The van der Waals surface area contributed by atoms with Crippen molar-refractivity contribution in [3.8, 4) is 0 Å². The summed E-state index contributed by atoms with van der Waals surface area (Å²) in [5, 5.41) is 139. The average molecular weight is 1090 g/mol. The average Bonchev–Trinajstić information content (AvgIpc) is 3.55. The van der Waals surface area contributed by atoms with Crippen molar-refractivity contribution in [3.05, 3.63) is 0 Å². The molecule has 0 bridgehead atoms. The molecule has 5 aliphatic carbocycles. The Labute approximate surface area is 444 Å². The van der Waals surface area contributed by atoms with Crippen LogP contribution in [-0.2, 0) is 42.7 Å². The SMILES string of the molecule is C[C@@H]1O[C@@H](O[C@H]2[C@H](OC(=O)[C@]34CCC(C)(C)C[C@H]3[C@H]3CC[C@@H]5[C@@]6(C)CC[C@H](O[C@@H]7O[C@H](CO)[C@@H](O)[C@H](O)[C@H]7O)C(C)(C)[C@@H]6CC[C@@]5(C)[C@]3(C)CC4)O[C@H](CO[C@@H]3O[C@H](CO)[C@H](O)[C@H](O)[C@H]3O)[C@@H](O)[C@@H]2O)[C@H](O)[C@H](O)[C@H]1O. The van der Waals surface area contributed by atoms with Gasteiger partial charge in [0.1, 0.15) is 85.5 Å². The minimum atomic E-state index is -1.91. The van der Waals surface area contributed by atoms with Gasteiger partial charge in [0.2, 0.25) is 6.29 Å². The van der Waals surface area contributed by atoms with Crippen LogP contribution in [-0.4, -0.2) is 221 Å². The van der Waals surface area contributed by atoms with Gasteiger partial charge in [-0.05, 0) is 128 Å². The Morgan fingerprint density at radius 2 is 1.05 bits per heavy atom. The summed E-state index contributed by atoms with van der Waals surface area (Å²) >= 11 is 0. The van der Waals surface area contributed by atoms with Gasteiger partial charge >= 0.3 is 5.97 Å². The molecule has 5 saturated carbocycles. The Balaban J connectivity index is 0.967. The second-order valence-electron chi connectivity index (χ2n) is 26.7. The zero-order chi connectivity index (χ0) is 55.6. The summed E-state index contributed by atoms with van der Waals surface area (Å²) in [7, 11) is 0. The molecule has 4 saturated heterocycles. The van der Waals surface area contributed by atoms with Crippen LogP contribution in [0.15, 0.2) is 0 Å². The number of carbonyl (C=O) groups is 1. The van der Waals surface area contributed by atoms with E-state index in [-0.39, 0.29) is 50.9 Å². The molecular weight excluding hydrogens is 1000 g/mol. The molecule has 22 nitrogen and oxygen atoms in total. The predicted octanol–water partition coefficient (Wildman–Crippen LogP) is -0.928. The quantitative estimate of drug-likeness (QED) is 0.0878. The van der Waals surface area contributed by atoms with Crippen LogP contribution in [0.1, 0.15) is 126 Å². The van der Waals surface area contributed by atoms with Crippen LogP contribution in [0.2, 0.25) is 0 Å². The molecule has 13 N–H and O–H groups in total. The molecule has 9 fully saturated rings. The monoisotopic (exact) mass is 1090 g/mol. The number of hydrogen-bond acceptors (Lipinski definition) is 22. The number of ether oxygens (including phenoxy) is 8. The number of hydrogen-bond donors (Lipinski definition) is 13. The molecule has 9 aliphatic rings. The first-order valence-corrected chi connectivity index (χ1v) is 28.0. The van der Waals surface area contributed by atoms with E-state index < -0.39 is 154 Å². The smallest absolute Gasteiger partial charge is 0.314 e. The number of esters is 1. The summed E-state index contributed by atoms with van der Waals surface area (Å²) in [4.78, 5) is 15.6. The third kappa shape index (κ3) is 9.65. The van der Waals surface area contributed by atoms with E-state index in [1.807, 2.05) is 0 Å². The van der Waals surface area contributed by atoms with Gasteiger partial charge in [-0.3, -0.25) is 4.79 Å². The van der Waals surface area contributed by atoms with Crippen LogP contribution in [0.25, 0.3) is 0 Å². The Hall–Kier alpha value is -1.33. The highest BCUT2D eigenvalue weighted by molar-refractivity contribution is 5.78. The molecular formula is C54H90O22. The summed E-state index contributed by atoms with van der Waals surface area (Å²) in [5.41, 5.74) is -2.00. The molecule has 0 amide bonds. The van der Waals surface area contributed by atoms with E-state index in [2.05, 4.69) is 48.5 Å². The molecule has 9 rings (SSSR count). The molecule has 438 valence electrons. The van der Waals surface area contributed by atoms with E-state index in [9.17, 15) is 66.4 Å². The number of fused-ring (bicyclic) bond motifs is 7. The lowest BCUT2D eigenvalue weighted by Crippen LogP contribution is -2.68. The van der Waals surface area contributed by atoms with Gasteiger partial charge in [0.25, 0.3) is 0 Å². The van der Waals surface area contributed by atoms with Gasteiger partial charge in [-0.2, -0.15) is 0 Å². The molecule has 0 spiro atoms. The maximum absolute atomic E-state index is 15.6. The zero-order valence-electron chi connectivity index (χ0n) is 45.3. The van der Waals surface area contributed by atoms with Crippen molar-refractivity contribution in [2.75, 3.05) is 19.8 Å². The Morgan fingerprint density at radius 1 is 0.500 bits per heavy atom. The van der Waals surface area contributed by atoms with Crippen LogP contribution in [0.3, 0.4) is 0 Å². The molecule has 0 aromatic rings. The second-order valence-corrected chi connectivity index (χ2v) is 26.7. The molecule has 22 heteroatoms. The highest BCUT2D eigenvalue weighted by Gasteiger charge is 2.72. The molecule has 0 unspecified atom stereocenters. The van der Waals surface area contributed by atoms with Gasteiger partial charge in [0.15, 0.2) is 25.0 Å². The van der Waals surface area contributed by atoms with Gasteiger partial charge in [0.05, 0.1) is 37.4 Å². The standard InChI is InChI=1S/C54H90O22/c1-23-32(57)36(61)41(66)45(70-23)75-43-39(64)35(60)28(22-69-44-40(65)37(62)33(58)26(20-55)71-44)73-47(43)76-48(68)54-17-15-49(2,3)19-25(54)24-9-10-30-51(6)13-12-31(74-46-42(67)38(63)34(59)27(21-56)72-46)50(4,5)29(51)11-14-53(30,8)52(24,7)16-18-54/h23-47,55-67H,9-22H2,1-8H3/t23-,24+,25-,26+,27+,28+,29-,30+,31-,32-,33-,34+,35+,36+,37-,38-,39-,40+,41+,42+,43+,44+,45-,46-,47-,51-,52+,53+,54-/m0/s1. The summed E-state index contributed by atoms with van der Waals surface area (Å²) in [6, 6.07) is 0. The van der Waals surface area contributed by atoms with E-state index in [1.54, 1.807) is 0 Å². The molecule has 0 radical (unpaired) electrons. The topological polar surface area (TPSA) is 354 Å². The first-order chi connectivity index (χ1) is 35.5. The maximum Gasteiger partial charge on any atom is 0.314 e. The Bertz CT molecular complexity index is 2030. The highest BCUT2D eigenvalue weighted by atomic mass is 16.8. The third-order valence-corrected chi connectivity index (χ3v) is 22.0. The lowest BCUT2D eigenvalue weighted by molar-refractivity contribution is -0.366. The number of aliphatic hydroxyl groups is 13. The van der Waals surface area contributed by atoms with Crippen molar-refractivity contribution in [3.63, 3.8) is 0 Å². The van der Waals surface area contributed by atoms with Crippen LogP contribution >= 0.6 is 0 Å². The van der Waals surface area contributed by atoms with Crippen molar-refractivity contribution in [2.24, 2.45) is 56.2 Å². The molecule has 4 aliphatic heterocycles. The van der Waals surface area contributed by atoms with Gasteiger partial charge in [-0.25, -0.2) is 0 Å². The van der Waals surface area contributed by atoms with Crippen LogP contribution in [0, 0.1) is 56.2 Å². The van der Waals surface area contributed by atoms with E-state index >= 15 is 4.79 Å². The fourth-order valence-electron chi connectivity index (χ4n) is 17.1. The van der Waals surface area contributed by atoms with E-state index in [0.717, 1.165) is 38.5 Å². The molecule has 0 aromatic carbocycles. The summed E-state index contributed by atoms with van der Waals surface area (Å²) in [5.74, 6) is -0.0975. The molecule has 0 aromatic heterocycles. The minimum absolute atomic E-state index is 0.0975. The van der Waals surface area contributed by atoms with E-state index in [1.165, 1.54) is 6.92 Å². The third-order valence-electron chi connectivity index (χ3n) is 22.0. The number of carbonyl (C=O) groups excluding carboxylic acids is 1. The molecule has 29 atom stereocenters. The minimum Gasteiger partial charge on any atom is -0.432 e. The zero-order valence-corrected chi connectivity index (χ0v) is 45.3. The largest absolute Gasteiger partial charge is 0.432 e. The van der Waals surface area contributed by atoms with E-state index in [0.29, 0.717) is 38.0 Å². The van der Waals surface area contributed by atoms with Crippen molar-refractivity contribution < 1.29 is 109 Å². The fourth-order valence-corrected chi connectivity index (χ4v) is 17.1. The summed E-state index contributed by atoms with van der Waals surface area (Å²) in [6.07, 6.45) is -23.6. The maximum atomic E-state index is 15.6. The highest BCUT2D eigenvalue weighted by Crippen LogP contribution is 2.77. The second kappa shape index (κ2) is 21.5. The summed E-state index contributed by atoms with van der Waals surface area (Å²) < 4.78 is 48.2.